The van der Waals surface area contributed by atoms with Crippen molar-refractivity contribution in [1.82, 2.24) is 10.3 Å². The van der Waals surface area contributed by atoms with Crippen LogP contribution in [0.15, 0.2) is 17.5 Å². The van der Waals surface area contributed by atoms with E-state index in [0.717, 1.165) is 23.8 Å². The second kappa shape index (κ2) is 7.56. The van der Waals surface area contributed by atoms with Crippen LogP contribution in [0.2, 0.25) is 0 Å². The Morgan fingerprint density at radius 3 is 2.04 bits per heavy atom. The fraction of sp³-hybridized carbons (Fsp3) is 0.609. The number of ether oxygens (including phenoxy) is 1. The smallest absolute Gasteiger partial charge is 0.126 e. The van der Waals surface area contributed by atoms with Crippen LogP contribution in [-0.4, -0.2) is 25.2 Å². The van der Waals surface area contributed by atoms with Crippen molar-refractivity contribution in [3.63, 3.8) is 0 Å². The Morgan fingerprint density at radius 1 is 1.00 bits per heavy atom. The molecule has 148 valence electrons. The highest BCUT2D eigenvalue weighted by molar-refractivity contribution is 7.13. The molecule has 1 N–H and O–H groups in total. The first kappa shape index (κ1) is 20.3. The fourth-order valence-electron chi connectivity index (χ4n) is 3.81. The number of thiazole rings is 1. The minimum absolute atomic E-state index is 0.0104. The summed E-state index contributed by atoms with van der Waals surface area (Å²) < 4.78 is 5.90. The number of methoxy groups -OCH3 is 1. The van der Waals surface area contributed by atoms with Gasteiger partial charge < -0.3 is 10.1 Å². The lowest BCUT2D eigenvalue weighted by atomic mass is 9.78. The highest BCUT2D eigenvalue weighted by atomic mass is 32.1. The van der Waals surface area contributed by atoms with Crippen molar-refractivity contribution in [3.05, 3.63) is 34.3 Å². The van der Waals surface area contributed by atoms with Gasteiger partial charge in [-0.3, -0.25) is 0 Å². The normalized spacial score (nSPS) is 16.6. The lowest BCUT2D eigenvalue weighted by Crippen LogP contribution is -2.26. The van der Waals surface area contributed by atoms with Crippen molar-refractivity contribution in [2.75, 3.05) is 20.2 Å². The van der Waals surface area contributed by atoms with E-state index >= 15 is 0 Å². The summed E-state index contributed by atoms with van der Waals surface area (Å²) in [5.41, 5.74) is 5.02. The molecule has 1 fully saturated rings. The van der Waals surface area contributed by atoms with Gasteiger partial charge in [-0.05, 0) is 48.9 Å². The molecule has 0 radical (unpaired) electrons. The van der Waals surface area contributed by atoms with E-state index in [1.54, 1.807) is 18.4 Å². The highest BCUT2D eigenvalue weighted by Crippen LogP contribution is 2.43. The van der Waals surface area contributed by atoms with Gasteiger partial charge in [-0.2, -0.15) is 0 Å². The monoisotopic (exact) mass is 386 g/mol. The van der Waals surface area contributed by atoms with E-state index in [-0.39, 0.29) is 10.8 Å². The molecule has 3 nitrogen and oxygen atoms in total. The molecular weight excluding hydrogens is 352 g/mol. The third kappa shape index (κ3) is 4.38. The van der Waals surface area contributed by atoms with Gasteiger partial charge >= 0.3 is 0 Å². The molecule has 0 spiro atoms. The Kier molecular flexibility index (Phi) is 5.69. The molecule has 1 aromatic carbocycles. The second-order valence-corrected chi connectivity index (χ2v) is 10.6. The van der Waals surface area contributed by atoms with E-state index in [9.17, 15) is 0 Å². The minimum atomic E-state index is 0.0104. The van der Waals surface area contributed by atoms with Crippen LogP contribution >= 0.6 is 11.3 Å². The molecule has 1 aliphatic rings. The van der Waals surface area contributed by atoms with Gasteiger partial charge in [-0.25, -0.2) is 4.98 Å². The summed E-state index contributed by atoms with van der Waals surface area (Å²) in [7, 11) is 1.79. The Bertz CT molecular complexity index is 754. The fourth-order valence-corrected chi connectivity index (χ4v) is 4.70. The molecule has 0 atom stereocenters. The van der Waals surface area contributed by atoms with E-state index in [1.165, 1.54) is 35.2 Å². The van der Waals surface area contributed by atoms with Crippen molar-refractivity contribution < 1.29 is 4.74 Å². The summed E-state index contributed by atoms with van der Waals surface area (Å²) >= 11 is 1.78. The number of hydrogen-bond acceptors (Lipinski definition) is 4. The third-order valence-electron chi connectivity index (χ3n) is 5.44. The average molecular weight is 387 g/mol. The van der Waals surface area contributed by atoms with Gasteiger partial charge in [0.15, 0.2) is 0 Å². The van der Waals surface area contributed by atoms with Crippen LogP contribution in [0.4, 0.5) is 0 Å². The van der Waals surface area contributed by atoms with Crippen molar-refractivity contribution in [1.29, 1.82) is 0 Å². The average Bonchev–Trinajstić information content (AvgIpc) is 3.10. The number of nitrogens with zero attached hydrogens (tertiary/aromatic N) is 1. The predicted octanol–water partition coefficient (Wildman–Crippen LogP) is 5.88. The number of benzene rings is 1. The molecule has 27 heavy (non-hydrogen) atoms. The maximum Gasteiger partial charge on any atom is 0.126 e. The molecule has 2 heterocycles. The van der Waals surface area contributed by atoms with E-state index < -0.39 is 0 Å². The van der Waals surface area contributed by atoms with Gasteiger partial charge in [-0.15, -0.1) is 11.3 Å². The Balaban J connectivity index is 2.09. The Hall–Kier alpha value is -1.39. The number of aromatic nitrogens is 1. The molecule has 1 saturated heterocycles. The van der Waals surface area contributed by atoms with Crippen molar-refractivity contribution in [2.45, 2.75) is 71.1 Å². The second-order valence-electron chi connectivity index (χ2n) is 9.71. The molecule has 3 rings (SSSR count). The summed E-state index contributed by atoms with van der Waals surface area (Å²) in [6.45, 7) is 15.7. The number of nitrogens with one attached hydrogen (secondary N) is 1. The number of rotatable bonds is 3. The van der Waals surface area contributed by atoms with Crippen LogP contribution in [0.25, 0.3) is 10.6 Å². The van der Waals surface area contributed by atoms with Crippen molar-refractivity contribution >= 4 is 11.3 Å². The zero-order valence-corrected chi connectivity index (χ0v) is 18.7. The maximum atomic E-state index is 5.90. The lowest BCUT2D eigenvalue weighted by molar-refractivity contribution is 0.381. The van der Waals surface area contributed by atoms with E-state index in [0.29, 0.717) is 5.92 Å². The van der Waals surface area contributed by atoms with Crippen LogP contribution in [0.5, 0.6) is 5.75 Å². The van der Waals surface area contributed by atoms with Gasteiger partial charge in [0.2, 0.25) is 0 Å². The molecular formula is C23H34N2OS. The van der Waals surface area contributed by atoms with E-state index in [4.69, 9.17) is 9.72 Å². The summed E-state index contributed by atoms with van der Waals surface area (Å²) in [4.78, 5) is 5.06. The molecule has 0 aliphatic carbocycles. The molecule has 0 unspecified atom stereocenters. The standard InChI is InChI=1S/C23H34N2OS/c1-22(2,3)17-12-16(13-18(20(17)26-7)23(4,5)6)21-25-19(14-27-21)15-8-10-24-11-9-15/h12-15,24H,8-11H2,1-7H3. The Labute approximate surface area is 168 Å². The topological polar surface area (TPSA) is 34.1 Å². The summed E-state index contributed by atoms with van der Waals surface area (Å²) in [5, 5.41) is 6.84. The van der Waals surface area contributed by atoms with E-state index in [1.807, 2.05) is 0 Å². The molecule has 1 aliphatic heterocycles. The summed E-state index contributed by atoms with van der Waals surface area (Å²) in [5.74, 6) is 1.62. The van der Waals surface area contributed by atoms with Gasteiger partial charge in [-0.1, -0.05) is 41.5 Å². The largest absolute Gasteiger partial charge is 0.496 e. The molecule has 4 heteroatoms. The first-order chi connectivity index (χ1) is 12.6. The van der Waals surface area contributed by atoms with Gasteiger partial charge in [0, 0.05) is 28.0 Å². The Morgan fingerprint density at radius 2 is 1.56 bits per heavy atom. The zero-order chi connectivity index (χ0) is 19.8. The molecule has 0 amide bonds. The highest BCUT2D eigenvalue weighted by Gasteiger charge is 2.28. The summed E-state index contributed by atoms with van der Waals surface area (Å²) in [6.07, 6.45) is 2.37. The molecule has 1 aromatic heterocycles. The first-order valence-corrected chi connectivity index (χ1v) is 10.9. The molecule has 2 aromatic rings. The van der Waals surface area contributed by atoms with Gasteiger partial charge in [0.25, 0.3) is 0 Å². The van der Waals surface area contributed by atoms with E-state index in [2.05, 4.69) is 64.4 Å². The minimum Gasteiger partial charge on any atom is -0.496 e. The van der Waals surface area contributed by atoms with Crippen molar-refractivity contribution in [3.8, 4) is 16.3 Å². The third-order valence-corrected chi connectivity index (χ3v) is 6.34. The van der Waals surface area contributed by atoms with Crippen LogP contribution < -0.4 is 10.1 Å². The number of piperidine rings is 1. The van der Waals surface area contributed by atoms with Crippen LogP contribution in [0, 0.1) is 0 Å². The summed E-state index contributed by atoms with van der Waals surface area (Å²) in [6, 6.07) is 4.58. The van der Waals surface area contributed by atoms with Crippen molar-refractivity contribution in [2.24, 2.45) is 0 Å². The van der Waals surface area contributed by atoms with Gasteiger partial charge in [0.1, 0.15) is 10.8 Å². The maximum absolute atomic E-state index is 5.90. The van der Waals surface area contributed by atoms with Gasteiger partial charge in [0.05, 0.1) is 12.8 Å². The number of hydrogen-bond donors (Lipinski definition) is 1. The zero-order valence-electron chi connectivity index (χ0n) is 17.9. The predicted molar refractivity (Wildman–Crippen MR) is 116 cm³/mol. The first-order valence-electron chi connectivity index (χ1n) is 10.0. The quantitative estimate of drug-likeness (QED) is 0.715. The lowest BCUT2D eigenvalue weighted by Gasteiger charge is -2.29. The SMILES string of the molecule is COc1c(C(C)(C)C)cc(-c2nc(C3CCNCC3)cs2)cc1C(C)(C)C. The van der Waals surface area contributed by atoms with Crippen LogP contribution in [-0.2, 0) is 10.8 Å². The van der Waals surface area contributed by atoms with Crippen LogP contribution in [0.1, 0.15) is 77.1 Å². The van der Waals surface area contributed by atoms with Crippen LogP contribution in [0.3, 0.4) is 0 Å². The molecule has 0 bridgehead atoms. The molecule has 0 saturated carbocycles.